The Bertz CT molecular complexity index is 649. The zero-order valence-corrected chi connectivity index (χ0v) is 12.7. The van der Waals surface area contributed by atoms with E-state index in [0.29, 0.717) is 17.9 Å². The Labute approximate surface area is 130 Å². The van der Waals surface area contributed by atoms with E-state index in [1.165, 1.54) is 0 Å². The largest absolute Gasteiger partial charge is 0.488 e. The van der Waals surface area contributed by atoms with Crippen molar-refractivity contribution in [3.05, 3.63) is 65.2 Å². The van der Waals surface area contributed by atoms with Gasteiger partial charge in [-0.2, -0.15) is 0 Å². The van der Waals surface area contributed by atoms with E-state index in [-0.39, 0.29) is 12.1 Å². The van der Waals surface area contributed by atoms with Crippen molar-refractivity contribution >= 4 is 5.97 Å². The van der Waals surface area contributed by atoms with Gasteiger partial charge in [0.1, 0.15) is 24.0 Å². The van der Waals surface area contributed by atoms with Gasteiger partial charge in [0, 0.05) is 5.56 Å². The molecule has 1 atom stereocenters. The molecule has 0 saturated heterocycles. The predicted molar refractivity (Wildman–Crippen MR) is 84.9 cm³/mol. The first-order valence-corrected chi connectivity index (χ1v) is 7.80. The Morgan fingerprint density at radius 1 is 1.09 bits per heavy atom. The molecule has 0 N–H and O–H groups in total. The lowest BCUT2D eigenvalue weighted by atomic mass is 10.0. The van der Waals surface area contributed by atoms with Crippen molar-refractivity contribution in [3.8, 4) is 5.75 Å². The Kier molecular flexibility index (Phi) is 4.42. The molecule has 0 aliphatic carbocycles. The number of unbranched alkanes of at least 4 members (excludes halogenated alkanes) is 1. The molecule has 2 aromatic carbocycles. The van der Waals surface area contributed by atoms with E-state index in [9.17, 15) is 4.79 Å². The molecule has 0 fully saturated rings. The maximum atomic E-state index is 12.2. The van der Waals surface area contributed by atoms with Crippen LogP contribution in [0.25, 0.3) is 0 Å². The van der Waals surface area contributed by atoms with Crippen LogP contribution in [0.3, 0.4) is 0 Å². The topological polar surface area (TPSA) is 35.5 Å². The fourth-order valence-corrected chi connectivity index (χ4v) is 2.75. The molecule has 0 bridgehead atoms. The van der Waals surface area contributed by atoms with Crippen molar-refractivity contribution in [3.63, 3.8) is 0 Å². The number of rotatable bonds is 6. The van der Waals surface area contributed by atoms with E-state index in [4.69, 9.17) is 9.47 Å². The van der Waals surface area contributed by atoms with Crippen LogP contribution in [0.2, 0.25) is 0 Å². The van der Waals surface area contributed by atoms with E-state index in [2.05, 4.69) is 6.92 Å². The molecule has 0 radical (unpaired) electrons. The van der Waals surface area contributed by atoms with Gasteiger partial charge in [-0.1, -0.05) is 55.8 Å². The first-order chi connectivity index (χ1) is 10.8. The predicted octanol–water partition coefficient (Wildman–Crippen LogP) is 4.67. The lowest BCUT2D eigenvalue weighted by Crippen LogP contribution is -2.02. The van der Waals surface area contributed by atoms with Gasteiger partial charge in [0.25, 0.3) is 0 Å². The van der Waals surface area contributed by atoms with Crippen LogP contribution in [-0.4, -0.2) is 5.97 Å². The number of cyclic esters (lactones) is 1. The second-order valence-corrected chi connectivity index (χ2v) is 5.53. The molecular formula is C19H20O3. The molecule has 0 aromatic heterocycles. The smallest absolute Gasteiger partial charge is 0.342 e. The quantitative estimate of drug-likeness (QED) is 0.727. The van der Waals surface area contributed by atoms with Crippen LogP contribution in [0.5, 0.6) is 5.75 Å². The number of carbonyl (C=O) groups excluding carboxylic acids is 1. The van der Waals surface area contributed by atoms with Gasteiger partial charge in [-0.25, -0.2) is 4.79 Å². The van der Waals surface area contributed by atoms with E-state index < -0.39 is 0 Å². The average molecular weight is 296 g/mol. The van der Waals surface area contributed by atoms with Gasteiger partial charge >= 0.3 is 5.97 Å². The van der Waals surface area contributed by atoms with Gasteiger partial charge in [-0.05, 0) is 24.5 Å². The first-order valence-electron chi connectivity index (χ1n) is 7.80. The maximum Gasteiger partial charge on any atom is 0.342 e. The highest BCUT2D eigenvalue weighted by Gasteiger charge is 2.33. The van der Waals surface area contributed by atoms with E-state index in [0.717, 1.165) is 30.4 Å². The minimum atomic E-state index is -0.264. The summed E-state index contributed by atoms with van der Waals surface area (Å²) >= 11 is 0. The van der Waals surface area contributed by atoms with Gasteiger partial charge in [0.2, 0.25) is 0 Å². The molecule has 3 nitrogen and oxygen atoms in total. The van der Waals surface area contributed by atoms with Crippen molar-refractivity contribution in [2.24, 2.45) is 0 Å². The molecule has 1 aliphatic heterocycles. The normalized spacial score (nSPS) is 16.2. The standard InChI is InChI=1S/C19H20O3/c1-2-3-11-16-15-10-7-12-17(18(15)19(20)22-16)21-13-14-8-5-4-6-9-14/h4-10,12,16H,2-3,11,13H2,1H3/t16-/m1/s1. The SMILES string of the molecule is CCCC[C@H]1OC(=O)c2c(OCc3ccccc3)cccc21. The zero-order valence-electron chi connectivity index (χ0n) is 12.7. The lowest BCUT2D eigenvalue weighted by Gasteiger charge is -2.10. The summed E-state index contributed by atoms with van der Waals surface area (Å²) in [7, 11) is 0. The average Bonchev–Trinajstić information content (AvgIpc) is 2.89. The molecule has 3 rings (SSSR count). The summed E-state index contributed by atoms with van der Waals surface area (Å²) in [5.41, 5.74) is 2.64. The second kappa shape index (κ2) is 6.65. The van der Waals surface area contributed by atoms with Gasteiger partial charge in [0.15, 0.2) is 0 Å². The fraction of sp³-hybridized carbons (Fsp3) is 0.316. The number of fused-ring (bicyclic) bond motifs is 1. The maximum absolute atomic E-state index is 12.2. The molecule has 22 heavy (non-hydrogen) atoms. The number of carbonyl (C=O) groups is 1. The molecule has 114 valence electrons. The molecule has 0 amide bonds. The molecular weight excluding hydrogens is 276 g/mol. The summed E-state index contributed by atoms with van der Waals surface area (Å²) < 4.78 is 11.4. The van der Waals surface area contributed by atoms with Gasteiger partial charge in [0.05, 0.1) is 0 Å². The number of hydrogen-bond donors (Lipinski definition) is 0. The van der Waals surface area contributed by atoms with Crippen molar-refractivity contribution in [2.45, 2.75) is 38.9 Å². The minimum absolute atomic E-state index is 0.122. The Balaban J connectivity index is 1.79. The summed E-state index contributed by atoms with van der Waals surface area (Å²) in [4.78, 5) is 12.2. The zero-order chi connectivity index (χ0) is 15.4. The fourth-order valence-electron chi connectivity index (χ4n) is 2.75. The number of ether oxygens (including phenoxy) is 2. The van der Waals surface area contributed by atoms with Crippen LogP contribution in [-0.2, 0) is 11.3 Å². The summed E-state index contributed by atoms with van der Waals surface area (Å²) in [6, 6.07) is 15.7. The van der Waals surface area contributed by atoms with Gasteiger partial charge < -0.3 is 9.47 Å². The van der Waals surface area contributed by atoms with Crippen LogP contribution < -0.4 is 4.74 Å². The minimum Gasteiger partial charge on any atom is -0.488 e. The number of esters is 1. The van der Waals surface area contributed by atoms with Crippen LogP contribution >= 0.6 is 0 Å². The Morgan fingerprint density at radius 2 is 1.91 bits per heavy atom. The molecule has 0 spiro atoms. The lowest BCUT2D eigenvalue weighted by molar-refractivity contribution is 0.0362. The first kappa shape index (κ1) is 14.6. The monoisotopic (exact) mass is 296 g/mol. The van der Waals surface area contributed by atoms with Crippen molar-refractivity contribution < 1.29 is 14.3 Å². The Morgan fingerprint density at radius 3 is 2.68 bits per heavy atom. The summed E-state index contributed by atoms with van der Waals surface area (Å²) in [6.07, 6.45) is 2.89. The van der Waals surface area contributed by atoms with Crippen molar-refractivity contribution in [1.29, 1.82) is 0 Å². The third kappa shape index (κ3) is 2.98. The Hall–Kier alpha value is -2.29. The molecule has 0 saturated carbocycles. The highest BCUT2D eigenvalue weighted by molar-refractivity contribution is 5.97. The van der Waals surface area contributed by atoms with Gasteiger partial charge in [-0.3, -0.25) is 0 Å². The van der Waals surface area contributed by atoms with Crippen molar-refractivity contribution in [1.82, 2.24) is 0 Å². The van der Waals surface area contributed by atoms with E-state index in [1.807, 2.05) is 48.5 Å². The molecule has 0 unspecified atom stereocenters. The van der Waals surface area contributed by atoms with E-state index >= 15 is 0 Å². The molecule has 3 heteroatoms. The van der Waals surface area contributed by atoms with Gasteiger partial charge in [-0.15, -0.1) is 0 Å². The molecule has 1 aliphatic rings. The molecule has 2 aromatic rings. The van der Waals surface area contributed by atoms with Crippen LogP contribution in [0.1, 0.15) is 53.8 Å². The van der Waals surface area contributed by atoms with Crippen LogP contribution in [0, 0.1) is 0 Å². The summed E-state index contributed by atoms with van der Waals surface area (Å²) in [6.45, 7) is 2.58. The highest BCUT2D eigenvalue weighted by Crippen LogP contribution is 2.39. The molecule has 1 heterocycles. The summed E-state index contributed by atoms with van der Waals surface area (Å²) in [5.74, 6) is 0.352. The van der Waals surface area contributed by atoms with Crippen molar-refractivity contribution in [2.75, 3.05) is 0 Å². The summed E-state index contributed by atoms with van der Waals surface area (Å²) in [5, 5.41) is 0. The third-order valence-electron chi connectivity index (χ3n) is 3.92. The highest BCUT2D eigenvalue weighted by atomic mass is 16.6. The van der Waals surface area contributed by atoms with E-state index in [1.54, 1.807) is 0 Å². The van der Waals surface area contributed by atoms with Crippen LogP contribution in [0.15, 0.2) is 48.5 Å². The number of benzene rings is 2. The second-order valence-electron chi connectivity index (χ2n) is 5.53. The third-order valence-corrected chi connectivity index (χ3v) is 3.92. The van der Waals surface area contributed by atoms with Crippen LogP contribution in [0.4, 0.5) is 0 Å². The number of hydrogen-bond acceptors (Lipinski definition) is 3.